The summed E-state index contributed by atoms with van der Waals surface area (Å²) in [6.45, 7) is 12.1. The van der Waals surface area contributed by atoms with Gasteiger partial charge in [-0.2, -0.15) is 0 Å². The van der Waals surface area contributed by atoms with E-state index in [-0.39, 0.29) is 0 Å². The Balaban J connectivity index is 2.09. The van der Waals surface area contributed by atoms with Crippen LogP contribution in [0.15, 0.2) is 83.3 Å². The molecule has 4 aromatic rings. The third-order valence-electron chi connectivity index (χ3n) is 4.97. The molecule has 2 heterocycles. The number of hydrogen-bond acceptors (Lipinski definition) is 3. The molecule has 2 aromatic carbocycles. The van der Waals surface area contributed by atoms with Crippen LogP contribution >= 0.6 is 0 Å². The Bertz CT molecular complexity index is 1320. The molecule has 0 bridgehead atoms. The van der Waals surface area contributed by atoms with Gasteiger partial charge < -0.3 is 9.15 Å². The number of furan rings is 1. The molecule has 0 radical (unpaired) electrons. The fourth-order valence-corrected chi connectivity index (χ4v) is 3.63. The van der Waals surface area contributed by atoms with Crippen molar-refractivity contribution in [1.82, 2.24) is 4.98 Å². The fourth-order valence-electron chi connectivity index (χ4n) is 3.63. The lowest BCUT2D eigenvalue weighted by Crippen LogP contribution is -1.99. The molecule has 0 N–H and O–H groups in total. The van der Waals surface area contributed by atoms with Gasteiger partial charge in [0.1, 0.15) is 16.8 Å². The van der Waals surface area contributed by atoms with Crippen LogP contribution in [0, 0.1) is 13.8 Å². The van der Waals surface area contributed by atoms with E-state index in [2.05, 4.69) is 12.7 Å². The Kier molecular flexibility index (Phi) is 5.28. The quantitative estimate of drug-likeness (QED) is 0.322. The summed E-state index contributed by atoms with van der Waals surface area (Å²) < 4.78 is 12.8. The van der Waals surface area contributed by atoms with Gasteiger partial charge in [-0.05, 0) is 57.0 Å². The van der Waals surface area contributed by atoms with E-state index in [1.54, 1.807) is 0 Å². The third-order valence-corrected chi connectivity index (χ3v) is 4.97. The molecular weight excluding hydrogens is 370 g/mol. The molecule has 3 heteroatoms. The zero-order chi connectivity index (χ0) is 21.3. The van der Waals surface area contributed by atoms with E-state index in [1.165, 1.54) is 0 Å². The average Bonchev–Trinajstić information content (AvgIpc) is 3.07. The van der Waals surface area contributed by atoms with Crippen molar-refractivity contribution in [2.45, 2.75) is 27.7 Å². The Hall–Kier alpha value is -3.59. The van der Waals surface area contributed by atoms with Gasteiger partial charge in [-0.25, -0.2) is 4.98 Å². The zero-order valence-corrected chi connectivity index (χ0v) is 17.8. The van der Waals surface area contributed by atoms with Gasteiger partial charge in [-0.15, -0.1) is 0 Å². The van der Waals surface area contributed by atoms with Crippen LogP contribution in [0.2, 0.25) is 0 Å². The predicted molar refractivity (Wildman–Crippen MR) is 125 cm³/mol. The summed E-state index contributed by atoms with van der Waals surface area (Å²) in [4.78, 5) is 4.88. The molecule has 30 heavy (non-hydrogen) atoms. The molecule has 0 amide bonds. The molecule has 150 valence electrons. The number of rotatable bonds is 5. The maximum Gasteiger partial charge on any atom is 0.165 e. The van der Waals surface area contributed by atoms with Crippen LogP contribution in [-0.2, 0) is 0 Å². The number of benzene rings is 2. The lowest BCUT2D eigenvalue weighted by atomic mass is 10.00. The number of ether oxygens (including phenoxy) is 1. The summed E-state index contributed by atoms with van der Waals surface area (Å²) in [6.07, 6.45) is 6.11. The molecular formula is C27H25NO2. The van der Waals surface area contributed by atoms with E-state index in [0.29, 0.717) is 5.75 Å². The number of aromatic nitrogens is 1. The first-order chi connectivity index (χ1) is 14.5. The average molecular weight is 396 g/mol. The van der Waals surface area contributed by atoms with Gasteiger partial charge in [-0.1, -0.05) is 60.7 Å². The van der Waals surface area contributed by atoms with Crippen LogP contribution in [0.4, 0.5) is 0 Å². The molecule has 4 rings (SSSR count). The zero-order valence-electron chi connectivity index (χ0n) is 17.8. The number of allylic oxidation sites excluding steroid dienone is 5. The highest BCUT2D eigenvalue weighted by Gasteiger charge is 2.22. The van der Waals surface area contributed by atoms with Crippen molar-refractivity contribution in [2.24, 2.45) is 0 Å². The van der Waals surface area contributed by atoms with Gasteiger partial charge >= 0.3 is 0 Å². The van der Waals surface area contributed by atoms with Crippen molar-refractivity contribution in [3.8, 4) is 11.5 Å². The molecule has 0 saturated carbocycles. The third kappa shape index (κ3) is 3.55. The minimum absolute atomic E-state index is 0.696. The molecule has 0 spiro atoms. The van der Waals surface area contributed by atoms with Crippen molar-refractivity contribution in [3.63, 3.8) is 0 Å². The smallest absolute Gasteiger partial charge is 0.165 e. The van der Waals surface area contributed by atoms with Crippen LogP contribution in [0.3, 0.4) is 0 Å². The second-order valence-electron chi connectivity index (χ2n) is 7.49. The van der Waals surface area contributed by atoms with E-state index >= 15 is 0 Å². The second kappa shape index (κ2) is 8.03. The highest BCUT2D eigenvalue weighted by Crippen LogP contribution is 2.42. The first-order valence-electron chi connectivity index (χ1n) is 10.0. The van der Waals surface area contributed by atoms with E-state index < -0.39 is 0 Å². The van der Waals surface area contributed by atoms with Gasteiger partial charge in [0.05, 0.1) is 11.3 Å². The van der Waals surface area contributed by atoms with Crippen molar-refractivity contribution < 1.29 is 9.15 Å². The monoisotopic (exact) mass is 395 g/mol. The summed E-state index contributed by atoms with van der Waals surface area (Å²) in [5.74, 6) is 1.50. The highest BCUT2D eigenvalue weighted by atomic mass is 16.5. The summed E-state index contributed by atoms with van der Waals surface area (Å²) in [5, 5.41) is 0.995. The minimum atomic E-state index is 0.696. The Morgan fingerprint density at radius 1 is 1.07 bits per heavy atom. The minimum Gasteiger partial charge on any atom is -0.454 e. The van der Waals surface area contributed by atoms with E-state index in [0.717, 1.165) is 55.8 Å². The van der Waals surface area contributed by atoms with E-state index in [4.69, 9.17) is 14.1 Å². The number of fused-ring (bicyclic) bond motifs is 3. The first kappa shape index (κ1) is 19.7. The maximum atomic E-state index is 6.46. The molecule has 0 aliphatic carbocycles. The predicted octanol–water partition coefficient (Wildman–Crippen LogP) is 7.93. The van der Waals surface area contributed by atoms with Gasteiger partial charge in [0.2, 0.25) is 0 Å². The van der Waals surface area contributed by atoms with Gasteiger partial charge in [0, 0.05) is 5.39 Å². The topological polar surface area (TPSA) is 35.3 Å². The van der Waals surface area contributed by atoms with Crippen molar-refractivity contribution in [1.29, 1.82) is 0 Å². The normalized spacial score (nSPS) is 12.2. The SMILES string of the molecule is C=C(C)/C=C(\C=C/C)c1c(Oc2ccccc2C)c(C)nc2c1oc1ccccc12. The summed E-state index contributed by atoms with van der Waals surface area (Å²) in [7, 11) is 0. The molecule has 0 aliphatic rings. The van der Waals surface area contributed by atoms with E-state index in [1.807, 2.05) is 88.4 Å². The number of nitrogens with zero attached hydrogens (tertiary/aromatic N) is 1. The summed E-state index contributed by atoms with van der Waals surface area (Å²) >= 11 is 0. The molecule has 3 nitrogen and oxygen atoms in total. The standard InChI is InChI=1S/C27H25NO2/c1-6-11-20(16-17(2)3)24-26(29-22-14-9-7-12-18(22)4)19(5)28-25-21-13-8-10-15-23(21)30-27(24)25/h6-16H,2H2,1,3-5H3/b11-6-,20-16+. The highest BCUT2D eigenvalue weighted by molar-refractivity contribution is 6.08. The molecule has 0 saturated heterocycles. The molecule has 0 unspecified atom stereocenters. The Morgan fingerprint density at radius 3 is 2.53 bits per heavy atom. The van der Waals surface area contributed by atoms with Crippen LogP contribution < -0.4 is 4.74 Å². The number of aryl methyl sites for hydroxylation is 2. The molecule has 0 aliphatic heterocycles. The molecule has 0 atom stereocenters. The van der Waals surface area contributed by atoms with Crippen LogP contribution in [-0.4, -0.2) is 4.98 Å². The van der Waals surface area contributed by atoms with Crippen molar-refractivity contribution >= 4 is 27.6 Å². The largest absolute Gasteiger partial charge is 0.454 e. The maximum absolute atomic E-state index is 6.46. The fraction of sp³-hybridized carbons (Fsp3) is 0.148. The number of para-hydroxylation sites is 2. The summed E-state index contributed by atoms with van der Waals surface area (Å²) in [5.41, 5.74) is 7.05. The number of pyridine rings is 1. The molecule has 2 aromatic heterocycles. The Morgan fingerprint density at radius 2 is 1.80 bits per heavy atom. The Labute approximate surface area is 177 Å². The lowest BCUT2D eigenvalue weighted by Gasteiger charge is -2.16. The van der Waals surface area contributed by atoms with E-state index in [9.17, 15) is 0 Å². The van der Waals surface area contributed by atoms with Crippen molar-refractivity contribution in [2.75, 3.05) is 0 Å². The van der Waals surface area contributed by atoms with Gasteiger partial charge in [0.15, 0.2) is 11.3 Å². The second-order valence-corrected chi connectivity index (χ2v) is 7.49. The van der Waals surface area contributed by atoms with Crippen molar-refractivity contribution in [3.05, 3.63) is 95.7 Å². The number of hydrogen-bond donors (Lipinski definition) is 0. The molecule has 0 fully saturated rings. The van der Waals surface area contributed by atoms with Crippen LogP contribution in [0.5, 0.6) is 11.5 Å². The van der Waals surface area contributed by atoms with Crippen LogP contribution in [0.1, 0.15) is 30.7 Å². The lowest BCUT2D eigenvalue weighted by molar-refractivity contribution is 0.470. The van der Waals surface area contributed by atoms with Gasteiger partial charge in [-0.3, -0.25) is 0 Å². The first-order valence-corrected chi connectivity index (χ1v) is 10.0. The summed E-state index contributed by atoms with van der Waals surface area (Å²) in [6, 6.07) is 16.0. The van der Waals surface area contributed by atoms with Crippen LogP contribution in [0.25, 0.3) is 27.6 Å². The van der Waals surface area contributed by atoms with Gasteiger partial charge in [0.25, 0.3) is 0 Å².